The minimum absolute atomic E-state index is 0.0695. The lowest BCUT2D eigenvalue weighted by molar-refractivity contribution is 0.521. The van der Waals surface area contributed by atoms with E-state index in [0.29, 0.717) is 3.71 Å². The summed E-state index contributed by atoms with van der Waals surface area (Å²) in [5.41, 5.74) is 0.946. The maximum absolute atomic E-state index is 13.2. The molecule has 3 aromatic rings. The maximum Gasteiger partial charge on any atom is 0.257 e. The first-order valence-electron chi connectivity index (χ1n) is 8.40. The summed E-state index contributed by atoms with van der Waals surface area (Å²) in [4.78, 5) is 0.679. The number of thioether (sulfide) groups is 1. The average Bonchev–Trinajstić information content (AvgIpc) is 2.70. The molecule has 0 saturated carbocycles. The molecule has 3 aromatic carbocycles. The molecule has 0 unspecified atom stereocenters. The summed E-state index contributed by atoms with van der Waals surface area (Å²) in [6.07, 6.45) is 0. The fraction of sp³-hybridized carbons (Fsp3) is 0.100. The van der Waals surface area contributed by atoms with Crippen LogP contribution in [0.5, 0.6) is 0 Å². The molecule has 0 aliphatic heterocycles. The molecule has 0 atom stereocenters. The largest absolute Gasteiger partial charge is 0.257 e. The van der Waals surface area contributed by atoms with Crippen LogP contribution in [-0.2, 0) is 20.0 Å². The van der Waals surface area contributed by atoms with E-state index in [0.717, 1.165) is 10.5 Å². The Balaban J connectivity index is 2.05. The van der Waals surface area contributed by atoms with E-state index >= 15 is 0 Å². The van der Waals surface area contributed by atoms with Gasteiger partial charge >= 0.3 is 0 Å². The molecule has 0 bridgehead atoms. The van der Waals surface area contributed by atoms with Crippen LogP contribution in [0.25, 0.3) is 0 Å². The molecule has 0 aliphatic carbocycles. The molecular weight excluding hydrogens is 414 g/mol. The predicted molar refractivity (Wildman–Crippen MR) is 111 cm³/mol. The quantitative estimate of drug-likeness (QED) is 0.414. The molecule has 0 aromatic heterocycles. The minimum Gasteiger partial charge on any atom is -0.206 e. The lowest BCUT2D eigenvalue weighted by Gasteiger charge is -2.22. The monoisotopic (exact) mass is 433 g/mol. The molecule has 0 fully saturated rings. The highest BCUT2D eigenvalue weighted by atomic mass is 32.3. The van der Waals surface area contributed by atoms with Gasteiger partial charge in [0.15, 0.2) is 0 Å². The van der Waals surface area contributed by atoms with Gasteiger partial charge in [0, 0.05) is 4.90 Å². The summed E-state index contributed by atoms with van der Waals surface area (Å²) in [7, 11) is -8.53. The van der Waals surface area contributed by atoms with E-state index in [2.05, 4.69) is 0 Å². The summed E-state index contributed by atoms with van der Waals surface area (Å²) in [5, 5.41) is 0. The van der Waals surface area contributed by atoms with Gasteiger partial charge < -0.3 is 0 Å². The van der Waals surface area contributed by atoms with Crippen LogP contribution >= 0.6 is 11.8 Å². The third kappa shape index (κ3) is 4.30. The van der Waals surface area contributed by atoms with E-state index in [4.69, 9.17) is 0 Å². The van der Waals surface area contributed by atoms with Crippen LogP contribution in [0.1, 0.15) is 5.56 Å². The Morgan fingerprint density at radius 1 is 0.679 bits per heavy atom. The minimum atomic E-state index is -4.27. The predicted octanol–water partition coefficient (Wildman–Crippen LogP) is 4.12. The van der Waals surface area contributed by atoms with Gasteiger partial charge in [-0.1, -0.05) is 58.3 Å². The van der Waals surface area contributed by atoms with Crippen molar-refractivity contribution in [2.75, 3.05) is 5.88 Å². The number of rotatable bonds is 7. The molecule has 0 heterocycles. The first-order chi connectivity index (χ1) is 13.3. The summed E-state index contributed by atoms with van der Waals surface area (Å²) in [6, 6.07) is 22.6. The van der Waals surface area contributed by atoms with Gasteiger partial charge in [0.2, 0.25) is 0 Å². The molecule has 5 nitrogen and oxygen atoms in total. The van der Waals surface area contributed by atoms with Gasteiger partial charge in [-0.05, 0) is 42.8 Å². The lowest BCUT2D eigenvalue weighted by Crippen LogP contribution is -2.36. The molecular formula is C20H19NO4S3. The normalized spacial score (nSPS) is 12.2. The van der Waals surface area contributed by atoms with Crippen molar-refractivity contribution in [3.63, 3.8) is 0 Å². The van der Waals surface area contributed by atoms with Crippen molar-refractivity contribution < 1.29 is 16.8 Å². The second-order valence-corrected chi connectivity index (χ2v) is 10.9. The van der Waals surface area contributed by atoms with Gasteiger partial charge in [0.25, 0.3) is 20.0 Å². The summed E-state index contributed by atoms with van der Waals surface area (Å²) < 4.78 is 53.3. The van der Waals surface area contributed by atoms with Crippen molar-refractivity contribution in [3.05, 3.63) is 90.5 Å². The van der Waals surface area contributed by atoms with Crippen LogP contribution in [0.4, 0.5) is 0 Å². The van der Waals surface area contributed by atoms with Gasteiger partial charge in [-0.25, -0.2) is 16.8 Å². The topological polar surface area (TPSA) is 71.5 Å². The Kier molecular flexibility index (Phi) is 6.24. The first kappa shape index (κ1) is 20.6. The molecule has 0 saturated heterocycles. The second-order valence-electron chi connectivity index (χ2n) is 5.95. The molecule has 0 radical (unpaired) electrons. The van der Waals surface area contributed by atoms with Crippen LogP contribution in [-0.4, -0.2) is 26.4 Å². The van der Waals surface area contributed by atoms with E-state index in [9.17, 15) is 16.8 Å². The van der Waals surface area contributed by atoms with Crippen molar-refractivity contribution in [2.24, 2.45) is 0 Å². The van der Waals surface area contributed by atoms with Gasteiger partial charge in [0.05, 0.1) is 15.7 Å². The SMILES string of the molecule is Cc1ccccc1SCN(S(=O)(=O)c1ccccc1)S(=O)(=O)c1ccccc1. The van der Waals surface area contributed by atoms with Crippen LogP contribution in [0.3, 0.4) is 0 Å². The van der Waals surface area contributed by atoms with E-state index in [1.54, 1.807) is 36.4 Å². The number of hydrogen-bond acceptors (Lipinski definition) is 5. The summed E-state index contributed by atoms with van der Waals surface area (Å²) in [5.74, 6) is -0.265. The molecule has 3 rings (SSSR count). The Hall–Kier alpha value is -2.13. The van der Waals surface area contributed by atoms with E-state index in [1.807, 2.05) is 31.2 Å². The second kappa shape index (κ2) is 8.48. The first-order valence-corrected chi connectivity index (χ1v) is 12.3. The van der Waals surface area contributed by atoms with Gasteiger partial charge in [-0.3, -0.25) is 0 Å². The van der Waals surface area contributed by atoms with Crippen LogP contribution in [0, 0.1) is 6.92 Å². The van der Waals surface area contributed by atoms with Gasteiger partial charge in [0.1, 0.15) is 0 Å². The molecule has 8 heteroatoms. The smallest absolute Gasteiger partial charge is 0.206 e. The van der Waals surface area contributed by atoms with Crippen molar-refractivity contribution in [2.45, 2.75) is 21.6 Å². The maximum atomic E-state index is 13.2. The van der Waals surface area contributed by atoms with Crippen LogP contribution in [0.2, 0.25) is 0 Å². The zero-order valence-electron chi connectivity index (χ0n) is 15.1. The fourth-order valence-electron chi connectivity index (χ4n) is 2.53. The molecule has 146 valence electrons. The zero-order valence-corrected chi connectivity index (χ0v) is 17.5. The molecule has 0 amide bonds. The third-order valence-electron chi connectivity index (χ3n) is 4.04. The Morgan fingerprint density at radius 2 is 1.11 bits per heavy atom. The summed E-state index contributed by atoms with van der Waals surface area (Å²) >= 11 is 1.17. The third-order valence-corrected chi connectivity index (χ3v) is 9.76. The van der Waals surface area contributed by atoms with Crippen molar-refractivity contribution in [1.82, 2.24) is 3.71 Å². The number of benzene rings is 3. The van der Waals surface area contributed by atoms with Crippen molar-refractivity contribution in [3.8, 4) is 0 Å². The van der Waals surface area contributed by atoms with Gasteiger partial charge in [-0.15, -0.1) is 11.8 Å². The number of nitrogens with zero attached hydrogens (tertiary/aromatic N) is 1. The fourth-order valence-corrected chi connectivity index (χ4v) is 7.69. The number of sulfonamides is 2. The highest BCUT2D eigenvalue weighted by Crippen LogP contribution is 2.30. The molecule has 0 spiro atoms. The van der Waals surface area contributed by atoms with E-state index in [1.165, 1.54) is 36.0 Å². The van der Waals surface area contributed by atoms with Crippen LogP contribution < -0.4 is 0 Å². The van der Waals surface area contributed by atoms with Crippen molar-refractivity contribution >= 4 is 31.8 Å². The average molecular weight is 434 g/mol. The standard InChI is InChI=1S/C20H19NO4S3/c1-17-10-8-9-15-20(17)26-16-21(27(22,23)18-11-4-2-5-12-18)28(24,25)19-13-6-3-7-14-19/h2-15H,16H2,1H3. The Bertz CT molecular complexity index is 1080. The van der Waals surface area contributed by atoms with Crippen LogP contribution in [0.15, 0.2) is 99.6 Å². The summed E-state index contributed by atoms with van der Waals surface area (Å²) in [6.45, 7) is 1.89. The highest BCUT2D eigenvalue weighted by molar-refractivity contribution is 8.06. The zero-order chi connectivity index (χ0) is 20.2. The van der Waals surface area contributed by atoms with Gasteiger partial charge in [-0.2, -0.15) is 0 Å². The lowest BCUT2D eigenvalue weighted by atomic mass is 10.2. The Labute approximate surface area is 170 Å². The van der Waals surface area contributed by atoms with E-state index < -0.39 is 20.0 Å². The van der Waals surface area contributed by atoms with Crippen molar-refractivity contribution in [1.29, 1.82) is 0 Å². The molecule has 28 heavy (non-hydrogen) atoms. The Morgan fingerprint density at radius 3 is 1.57 bits per heavy atom. The number of hydrogen-bond donors (Lipinski definition) is 0. The molecule has 0 N–H and O–H groups in total. The molecule has 0 aliphatic rings. The van der Waals surface area contributed by atoms with E-state index in [-0.39, 0.29) is 15.7 Å². The number of aryl methyl sites for hydroxylation is 1. The highest BCUT2D eigenvalue weighted by Gasteiger charge is 2.36.